The van der Waals surface area contributed by atoms with Crippen LogP contribution < -0.4 is 0 Å². The summed E-state index contributed by atoms with van der Waals surface area (Å²) in [5, 5.41) is 9.49. The Labute approximate surface area is 93.9 Å². The van der Waals surface area contributed by atoms with Crippen LogP contribution in [0.2, 0.25) is 0 Å². The zero-order chi connectivity index (χ0) is 11.0. The molecule has 0 bridgehead atoms. The molecule has 0 aromatic rings. The first kappa shape index (κ1) is 14.2. The van der Waals surface area contributed by atoms with Gasteiger partial charge in [0.2, 0.25) is 0 Å². The Bertz CT molecular complexity index is 129. The summed E-state index contributed by atoms with van der Waals surface area (Å²) in [6.45, 7) is 5.78. The third-order valence-corrected chi connectivity index (χ3v) is 3.33. The van der Waals surface area contributed by atoms with E-state index >= 15 is 0 Å². The van der Waals surface area contributed by atoms with Crippen molar-refractivity contribution in [3.63, 3.8) is 0 Å². The van der Waals surface area contributed by atoms with E-state index in [1.165, 1.54) is 32.1 Å². The average Bonchev–Trinajstić information content (AvgIpc) is 2.09. The van der Waals surface area contributed by atoms with Crippen LogP contribution in [0.25, 0.3) is 0 Å². The molecule has 0 aromatic heterocycles. The maximum Gasteiger partial charge on any atom is 0.0754 e. The first-order valence-electron chi connectivity index (χ1n) is 5.85. The fraction of sp³-hybridized carbons (Fsp3) is 1.00. The minimum atomic E-state index is -0.731. The Morgan fingerprint density at radius 2 is 1.57 bits per heavy atom. The van der Waals surface area contributed by atoms with Crippen molar-refractivity contribution in [1.29, 1.82) is 0 Å². The second-order valence-electron chi connectivity index (χ2n) is 4.68. The van der Waals surface area contributed by atoms with Crippen molar-refractivity contribution in [2.24, 2.45) is 0 Å². The fourth-order valence-electron chi connectivity index (χ4n) is 1.46. The molecule has 14 heavy (non-hydrogen) atoms. The SMILES string of the molecule is CCCCCCCCC(Cl)C(C)(C)O. The molecular weight excluding hydrogens is 196 g/mol. The Morgan fingerprint density at radius 1 is 1.07 bits per heavy atom. The lowest BCUT2D eigenvalue weighted by Crippen LogP contribution is -2.31. The molecule has 1 atom stereocenters. The third kappa shape index (κ3) is 7.64. The number of hydrogen-bond donors (Lipinski definition) is 1. The molecule has 0 aliphatic rings. The number of halogens is 1. The maximum atomic E-state index is 9.59. The van der Waals surface area contributed by atoms with E-state index in [1.54, 1.807) is 13.8 Å². The minimum absolute atomic E-state index is 0.103. The van der Waals surface area contributed by atoms with Crippen LogP contribution in [0.15, 0.2) is 0 Å². The van der Waals surface area contributed by atoms with Gasteiger partial charge in [-0.05, 0) is 20.3 Å². The number of rotatable bonds is 8. The molecule has 0 aliphatic heterocycles. The average molecular weight is 221 g/mol. The summed E-state index contributed by atoms with van der Waals surface area (Å²) >= 11 is 6.05. The molecule has 1 unspecified atom stereocenters. The van der Waals surface area contributed by atoms with Crippen molar-refractivity contribution in [2.75, 3.05) is 0 Å². The Balaban J connectivity index is 3.28. The molecule has 0 aromatic carbocycles. The lowest BCUT2D eigenvalue weighted by Gasteiger charge is -2.23. The van der Waals surface area contributed by atoms with Gasteiger partial charge in [-0.2, -0.15) is 0 Å². The van der Waals surface area contributed by atoms with E-state index in [0.29, 0.717) is 0 Å². The van der Waals surface area contributed by atoms with Gasteiger partial charge in [-0.25, -0.2) is 0 Å². The van der Waals surface area contributed by atoms with Gasteiger partial charge < -0.3 is 5.11 Å². The summed E-state index contributed by atoms with van der Waals surface area (Å²) in [5.74, 6) is 0. The van der Waals surface area contributed by atoms with Crippen LogP contribution in [-0.4, -0.2) is 16.1 Å². The number of unbranched alkanes of at least 4 members (excludes halogenated alkanes) is 5. The summed E-state index contributed by atoms with van der Waals surface area (Å²) in [6.07, 6.45) is 8.60. The summed E-state index contributed by atoms with van der Waals surface area (Å²) in [7, 11) is 0. The van der Waals surface area contributed by atoms with Crippen LogP contribution in [0, 0.1) is 0 Å². The smallest absolute Gasteiger partial charge is 0.0754 e. The van der Waals surface area contributed by atoms with Gasteiger partial charge in [-0.15, -0.1) is 11.6 Å². The van der Waals surface area contributed by atoms with Gasteiger partial charge in [-0.3, -0.25) is 0 Å². The molecule has 0 radical (unpaired) electrons. The first-order valence-corrected chi connectivity index (χ1v) is 6.28. The summed E-state index contributed by atoms with van der Waals surface area (Å²) in [4.78, 5) is 0. The normalized spacial score (nSPS) is 14.4. The fourth-order valence-corrected chi connectivity index (χ4v) is 1.61. The quantitative estimate of drug-likeness (QED) is 0.482. The van der Waals surface area contributed by atoms with E-state index in [4.69, 9.17) is 11.6 Å². The lowest BCUT2D eigenvalue weighted by atomic mass is 9.99. The van der Waals surface area contributed by atoms with Gasteiger partial charge in [0.1, 0.15) is 0 Å². The summed E-state index contributed by atoms with van der Waals surface area (Å²) in [6, 6.07) is 0. The van der Waals surface area contributed by atoms with Gasteiger partial charge >= 0.3 is 0 Å². The predicted octanol–water partition coefficient (Wildman–Crippen LogP) is 4.12. The zero-order valence-corrected chi connectivity index (χ0v) is 10.6. The van der Waals surface area contributed by atoms with Crippen LogP contribution in [0.4, 0.5) is 0 Å². The molecule has 0 aliphatic carbocycles. The highest BCUT2D eigenvalue weighted by Gasteiger charge is 2.23. The Kier molecular flexibility index (Phi) is 7.66. The van der Waals surface area contributed by atoms with Gasteiger partial charge in [0, 0.05) is 0 Å². The molecule has 0 saturated heterocycles. The molecule has 0 heterocycles. The molecule has 0 fully saturated rings. The molecule has 1 nitrogen and oxygen atoms in total. The Morgan fingerprint density at radius 3 is 2.07 bits per heavy atom. The van der Waals surface area contributed by atoms with Crippen LogP contribution in [-0.2, 0) is 0 Å². The van der Waals surface area contributed by atoms with Crippen molar-refractivity contribution in [3.8, 4) is 0 Å². The van der Waals surface area contributed by atoms with Crippen molar-refractivity contribution in [3.05, 3.63) is 0 Å². The molecule has 0 amide bonds. The molecule has 0 rings (SSSR count). The molecule has 0 saturated carbocycles. The van der Waals surface area contributed by atoms with E-state index in [0.717, 1.165) is 12.8 Å². The standard InChI is InChI=1S/C12H25ClO/c1-4-5-6-7-8-9-10-11(13)12(2,3)14/h11,14H,4-10H2,1-3H3. The first-order chi connectivity index (χ1) is 6.48. The maximum absolute atomic E-state index is 9.59. The van der Waals surface area contributed by atoms with E-state index in [1.807, 2.05) is 0 Å². The van der Waals surface area contributed by atoms with E-state index in [9.17, 15) is 5.11 Å². The third-order valence-electron chi connectivity index (χ3n) is 2.58. The number of alkyl halides is 1. The topological polar surface area (TPSA) is 20.2 Å². The van der Waals surface area contributed by atoms with Crippen molar-refractivity contribution in [2.45, 2.75) is 76.7 Å². The predicted molar refractivity (Wildman–Crippen MR) is 63.9 cm³/mol. The van der Waals surface area contributed by atoms with Gasteiger partial charge in [0.15, 0.2) is 0 Å². The monoisotopic (exact) mass is 220 g/mol. The molecule has 0 spiro atoms. The zero-order valence-electron chi connectivity index (χ0n) is 9.85. The van der Waals surface area contributed by atoms with Crippen LogP contribution in [0.3, 0.4) is 0 Å². The Hall–Kier alpha value is 0.250. The van der Waals surface area contributed by atoms with Gasteiger partial charge in [0.25, 0.3) is 0 Å². The summed E-state index contributed by atoms with van der Waals surface area (Å²) < 4.78 is 0. The van der Waals surface area contributed by atoms with Gasteiger partial charge in [0.05, 0.1) is 11.0 Å². The molecule has 86 valence electrons. The largest absolute Gasteiger partial charge is 0.389 e. The highest BCUT2D eigenvalue weighted by atomic mass is 35.5. The van der Waals surface area contributed by atoms with E-state index in [2.05, 4.69) is 6.92 Å². The van der Waals surface area contributed by atoms with E-state index < -0.39 is 5.60 Å². The second kappa shape index (κ2) is 7.53. The minimum Gasteiger partial charge on any atom is -0.389 e. The lowest BCUT2D eigenvalue weighted by molar-refractivity contribution is 0.0722. The van der Waals surface area contributed by atoms with Crippen molar-refractivity contribution < 1.29 is 5.11 Å². The van der Waals surface area contributed by atoms with Crippen LogP contribution >= 0.6 is 11.6 Å². The highest BCUT2D eigenvalue weighted by Crippen LogP contribution is 2.21. The molecule has 1 N–H and O–H groups in total. The van der Waals surface area contributed by atoms with Gasteiger partial charge in [-0.1, -0.05) is 45.4 Å². The second-order valence-corrected chi connectivity index (χ2v) is 5.20. The molecule has 2 heteroatoms. The highest BCUT2D eigenvalue weighted by molar-refractivity contribution is 6.21. The number of aliphatic hydroxyl groups is 1. The van der Waals surface area contributed by atoms with Crippen molar-refractivity contribution in [1.82, 2.24) is 0 Å². The van der Waals surface area contributed by atoms with Crippen LogP contribution in [0.1, 0.15) is 65.7 Å². The number of hydrogen-bond acceptors (Lipinski definition) is 1. The summed E-state index contributed by atoms with van der Waals surface area (Å²) in [5.41, 5.74) is -0.731. The van der Waals surface area contributed by atoms with Crippen LogP contribution in [0.5, 0.6) is 0 Å². The van der Waals surface area contributed by atoms with Crippen molar-refractivity contribution >= 4 is 11.6 Å². The molecular formula is C12H25ClO. The van der Waals surface area contributed by atoms with E-state index in [-0.39, 0.29) is 5.38 Å².